The van der Waals surface area contributed by atoms with Crippen LogP contribution in [0.2, 0.25) is 0 Å². The summed E-state index contributed by atoms with van der Waals surface area (Å²) in [5.74, 6) is 1.98. The Hall–Kier alpha value is -6.99. The van der Waals surface area contributed by atoms with E-state index >= 15 is 0 Å². The van der Waals surface area contributed by atoms with Gasteiger partial charge >= 0.3 is 0 Å². The molecule has 1 atom stereocenters. The van der Waals surface area contributed by atoms with Crippen LogP contribution in [0.15, 0.2) is 219 Å². The van der Waals surface area contributed by atoms with Gasteiger partial charge in [0.05, 0.1) is 5.52 Å². The van der Waals surface area contributed by atoms with Gasteiger partial charge < -0.3 is 9.72 Å². The van der Waals surface area contributed by atoms with Crippen LogP contribution in [0.25, 0.3) is 27.8 Å². The third-order valence-corrected chi connectivity index (χ3v) is 10.5. The van der Waals surface area contributed by atoms with Gasteiger partial charge in [-0.15, -0.1) is 0 Å². The summed E-state index contributed by atoms with van der Waals surface area (Å²) in [6.07, 6.45) is 41.0. The van der Waals surface area contributed by atoms with Crippen LogP contribution in [0.5, 0.6) is 5.75 Å². The fraction of sp³-hybridized carbons (Fsp3) is 0.204. The molecule has 0 amide bonds. The number of allylic oxidation sites excluding steroid dienone is 4. The zero-order valence-electron chi connectivity index (χ0n) is 34.9. The molecule has 0 radical (unpaired) electrons. The lowest BCUT2D eigenvalue weighted by Crippen LogP contribution is -2.31. The number of nitrogens with one attached hydrogen (secondary N) is 1. The summed E-state index contributed by atoms with van der Waals surface area (Å²) in [6, 6.07) is 41.9. The van der Waals surface area contributed by atoms with Crippen molar-refractivity contribution < 1.29 is 4.74 Å². The van der Waals surface area contributed by atoms with Crippen LogP contribution in [0, 0.1) is 5.92 Å². The molecule has 1 aliphatic heterocycles. The second-order valence-electron chi connectivity index (χ2n) is 14.8. The Kier molecular flexibility index (Phi) is 18.2. The van der Waals surface area contributed by atoms with Crippen LogP contribution in [0.1, 0.15) is 63.4 Å². The SMILES string of the molecule is C1=CC2(CCCC2)Oc2ccccc21.C1=CC2=CCCCC2CC1.c1cc[nH]c1.c1ccc2cnccc2c1.c1ccc2ncccc2c1.c1ccncc1.c1cncnc1. The molecule has 0 bridgehead atoms. The summed E-state index contributed by atoms with van der Waals surface area (Å²) in [4.78, 5) is 22.2. The second-order valence-corrected chi connectivity index (χ2v) is 14.8. The van der Waals surface area contributed by atoms with Gasteiger partial charge in [0, 0.05) is 66.7 Å². The lowest BCUT2D eigenvalue weighted by Gasteiger charge is -2.31. The molecule has 5 aromatic heterocycles. The molecule has 8 aromatic rings. The highest BCUT2D eigenvalue weighted by molar-refractivity contribution is 5.81. The number of pyridine rings is 3. The van der Waals surface area contributed by atoms with Crippen molar-refractivity contribution in [2.24, 2.45) is 5.92 Å². The highest BCUT2D eigenvalue weighted by Gasteiger charge is 2.35. The van der Waals surface area contributed by atoms with Crippen LogP contribution in [0.3, 0.4) is 0 Å². The van der Waals surface area contributed by atoms with Crippen LogP contribution in [0.4, 0.5) is 0 Å². The largest absolute Gasteiger partial charge is 0.483 e. The average molecular weight is 805 g/mol. The molecule has 1 spiro atoms. The van der Waals surface area contributed by atoms with E-state index in [1.54, 1.807) is 36.4 Å². The van der Waals surface area contributed by atoms with Gasteiger partial charge in [0.25, 0.3) is 0 Å². The number of hydrogen-bond donors (Lipinski definition) is 1. The van der Waals surface area contributed by atoms with E-state index in [2.05, 4.69) is 103 Å². The van der Waals surface area contributed by atoms with E-state index in [9.17, 15) is 0 Å². The van der Waals surface area contributed by atoms with E-state index in [1.807, 2.05) is 110 Å². The van der Waals surface area contributed by atoms with E-state index in [-0.39, 0.29) is 5.60 Å². The maximum Gasteiger partial charge on any atom is 0.127 e. The van der Waals surface area contributed by atoms with Gasteiger partial charge in [-0.25, -0.2) is 9.97 Å². The number of ether oxygens (including phenoxy) is 1. The molecule has 7 heteroatoms. The van der Waals surface area contributed by atoms with E-state index in [0.29, 0.717) is 0 Å². The average Bonchev–Trinajstić information content (AvgIpc) is 4.11. The van der Waals surface area contributed by atoms with Crippen molar-refractivity contribution in [2.45, 2.75) is 63.4 Å². The third kappa shape index (κ3) is 15.3. The molecule has 3 aliphatic carbocycles. The van der Waals surface area contributed by atoms with Crippen LogP contribution in [-0.2, 0) is 0 Å². The smallest absolute Gasteiger partial charge is 0.127 e. The fourth-order valence-corrected chi connectivity index (χ4v) is 7.33. The number of fused-ring (bicyclic) bond motifs is 4. The van der Waals surface area contributed by atoms with Crippen LogP contribution < -0.4 is 4.74 Å². The van der Waals surface area contributed by atoms with Crippen LogP contribution in [-0.4, -0.2) is 35.5 Å². The zero-order valence-corrected chi connectivity index (χ0v) is 34.9. The monoisotopic (exact) mass is 804 g/mol. The molecular formula is C54H56N6O. The quantitative estimate of drug-likeness (QED) is 0.164. The summed E-state index contributed by atoms with van der Waals surface area (Å²) < 4.78 is 6.09. The predicted octanol–water partition coefficient (Wildman–Crippen LogP) is 13.5. The molecule has 1 N–H and O–H groups in total. The number of aromatic amines is 1. The normalized spacial score (nSPS) is 15.7. The van der Waals surface area contributed by atoms with Gasteiger partial charge in [0.15, 0.2) is 0 Å². The first-order valence-corrected chi connectivity index (χ1v) is 21.3. The predicted molar refractivity (Wildman–Crippen MR) is 252 cm³/mol. The van der Waals surface area contributed by atoms with Crippen LogP contribution >= 0.6 is 0 Å². The molecule has 1 unspecified atom stereocenters. The first kappa shape index (κ1) is 43.6. The molecule has 61 heavy (non-hydrogen) atoms. The topological polar surface area (TPSA) is 89.5 Å². The summed E-state index contributed by atoms with van der Waals surface area (Å²) in [7, 11) is 0. The molecule has 0 saturated heterocycles. The van der Waals surface area contributed by atoms with Gasteiger partial charge in [-0.3, -0.25) is 15.0 Å². The molecule has 7 nitrogen and oxygen atoms in total. The number of hydrogen-bond acceptors (Lipinski definition) is 6. The maximum atomic E-state index is 6.09. The molecule has 3 aromatic carbocycles. The van der Waals surface area contributed by atoms with Crippen molar-refractivity contribution in [2.75, 3.05) is 0 Å². The number of para-hydroxylation sites is 2. The summed E-state index contributed by atoms with van der Waals surface area (Å²) in [6.45, 7) is 0. The second kappa shape index (κ2) is 25.5. The maximum absolute atomic E-state index is 6.09. The van der Waals surface area contributed by atoms with E-state index < -0.39 is 0 Å². The summed E-state index contributed by atoms with van der Waals surface area (Å²) >= 11 is 0. The molecule has 4 aliphatic rings. The number of aromatic nitrogens is 6. The van der Waals surface area contributed by atoms with Crippen molar-refractivity contribution >= 4 is 27.8 Å². The Bertz CT molecular complexity index is 2160. The van der Waals surface area contributed by atoms with Gasteiger partial charge in [-0.05, 0) is 141 Å². The van der Waals surface area contributed by atoms with Gasteiger partial charge in [-0.2, -0.15) is 0 Å². The van der Waals surface area contributed by atoms with Crippen molar-refractivity contribution in [1.82, 2.24) is 29.9 Å². The molecule has 308 valence electrons. The minimum absolute atomic E-state index is 0.0361. The Labute approximate surface area is 361 Å². The van der Waals surface area contributed by atoms with Crippen molar-refractivity contribution in [3.63, 3.8) is 0 Å². The summed E-state index contributed by atoms with van der Waals surface area (Å²) in [5.41, 5.74) is 3.93. The first-order valence-electron chi connectivity index (χ1n) is 21.3. The standard InChI is InChI=1S/C13H14O.C10H14.2C9H7N.C5H5N.C4H4N2.C4H5N/c1-2-6-12-11(5-1)7-10-13(14-12)8-3-4-9-13;1-2-6-10-8-4-3-7-9(10)5-1;1-2-6-9-8(4-1)5-3-7-10-9;1-2-4-9-7-10-6-5-8(9)3-1;1-2-4-6-5-3-1;1-2-5-4-6-3-1;1-2-4-5-3-1/h1-2,5-7,10H,3-4,8-9H2;1,5,7,10H,2-4,6,8H2;2*1-7H;1-5H;1-4H;1-5H. The number of rotatable bonds is 0. The minimum Gasteiger partial charge on any atom is -0.483 e. The lowest BCUT2D eigenvalue weighted by molar-refractivity contribution is 0.125. The lowest BCUT2D eigenvalue weighted by atomic mass is 9.81. The van der Waals surface area contributed by atoms with E-state index in [4.69, 9.17) is 4.74 Å². The van der Waals surface area contributed by atoms with Crippen molar-refractivity contribution in [3.05, 3.63) is 225 Å². The number of H-pyrrole nitrogens is 1. The molecule has 6 heterocycles. The highest BCUT2D eigenvalue weighted by atomic mass is 16.5. The Morgan fingerprint density at radius 1 is 0.541 bits per heavy atom. The molecular weight excluding hydrogens is 749 g/mol. The first-order chi connectivity index (χ1) is 30.3. The number of nitrogens with zero attached hydrogens (tertiary/aromatic N) is 5. The minimum atomic E-state index is 0.0361. The summed E-state index contributed by atoms with van der Waals surface area (Å²) in [5, 5.41) is 3.65. The van der Waals surface area contributed by atoms with Crippen molar-refractivity contribution in [1.29, 1.82) is 0 Å². The van der Waals surface area contributed by atoms with Gasteiger partial charge in [0.2, 0.25) is 0 Å². The van der Waals surface area contributed by atoms with E-state index in [0.717, 1.165) is 17.2 Å². The Balaban J connectivity index is 0.000000122. The third-order valence-electron chi connectivity index (χ3n) is 10.5. The Morgan fingerprint density at radius 3 is 1.92 bits per heavy atom. The molecule has 12 rings (SSSR count). The zero-order chi connectivity index (χ0) is 41.9. The highest BCUT2D eigenvalue weighted by Crippen LogP contribution is 2.40. The Morgan fingerprint density at radius 2 is 1.26 bits per heavy atom. The van der Waals surface area contributed by atoms with Crippen molar-refractivity contribution in [3.8, 4) is 5.75 Å². The molecule has 1 saturated carbocycles. The number of benzene rings is 3. The van der Waals surface area contributed by atoms with Gasteiger partial charge in [-0.1, -0.05) is 97.1 Å². The van der Waals surface area contributed by atoms with Gasteiger partial charge in [0.1, 0.15) is 17.7 Å². The fourth-order valence-electron chi connectivity index (χ4n) is 7.33. The molecule has 1 fully saturated rings. The van der Waals surface area contributed by atoms with E-state index in [1.165, 1.54) is 85.8 Å².